The molecule has 0 spiro atoms. The molecular weight excluding hydrogens is 388 g/mol. The van der Waals surface area contributed by atoms with Gasteiger partial charge in [0, 0.05) is 42.8 Å². The van der Waals surface area contributed by atoms with Gasteiger partial charge in [-0.25, -0.2) is 4.98 Å². The number of rotatable bonds is 4. The SMILES string of the molecule is CC(C)N1CCC(Oc2ccc3c(c2)cc2n3CC(C)N(c3ccccn3)C2=O)CC1. The van der Waals surface area contributed by atoms with Gasteiger partial charge in [0.15, 0.2) is 0 Å². The summed E-state index contributed by atoms with van der Waals surface area (Å²) in [5, 5.41) is 1.05. The van der Waals surface area contributed by atoms with Crippen LogP contribution in [0, 0.1) is 0 Å². The lowest BCUT2D eigenvalue weighted by atomic mass is 10.1. The summed E-state index contributed by atoms with van der Waals surface area (Å²) in [5.74, 6) is 1.59. The molecule has 1 fully saturated rings. The van der Waals surface area contributed by atoms with Crippen molar-refractivity contribution in [2.24, 2.45) is 0 Å². The van der Waals surface area contributed by atoms with E-state index >= 15 is 0 Å². The first kappa shape index (κ1) is 20.1. The molecule has 1 atom stereocenters. The minimum Gasteiger partial charge on any atom is -0.490 e. The molecule has 2 aliphatic rings. The van der Waals surface area contributed by atoms with Gasteiger partial charge in [0.2, 0.25) is 0 Å². The fourth-order valence-electron chi connectivity index (χ4n) is 4.89. The highest BCUT2D eigenvalue weighted by Gasteiger charge is 2.33. The van der Waals surface area contributed by atoms with E-state index in [1.165, 1.54) is 0 Å². The lowest BCUT2D eigenvalue weighted by molar-refractivity contribution is 0.0844. The average molecular weight is 419 g/mol. The molecule has 2 aromatic heterocycles. The average Bonchev–Trinajstić information content (AvgIpc) is 3.13. The monoisotopic (exact) mass is 418 g/mol. The number of fused-ring (bicyclic) bond motifs is 3. The zero-order valence-electron chi connectivity index (χ0n) is 18.5. The van der Waals surface area contributed by atoms with Crippen molar-refractivity contribution >= 4 is 22.6 Å². The predicted molar refractivity (Wildman–Crippen MR) is 123 cm³/mol. The summed E-state index contributed by atoms with van der Waals surface area (Å²) in [4.78, 5) is 22.0. The first-order valence-corrected chi connectivity index (χ1v) is 11.3. The van der Waals surface area contributed by atoms with Crippen molar-refractivity contribution in [2.75, 3.05) is 18.0 Å². The second kappa shape index (κ2) is 8.00. The molecular formula is C25H30N4O2. The van der Waals surface area contributed by atoms with Gasteiger partial charge in [-0.1, -0.05) is 6.07 Å². The summed E-state index contributed by atoms with van der Waals surface area (Å²) in [7, 11) is 0. The Kier molecular flexibility index (Phi) is 5.18. The van der Waals surface area contributed by atoms with E-state index in [9.17, 15) is 4.79 Å². The molecule has 4 heterocycles. The molecule has 0 saturated carbocycles. The fourth-order valence-corrected chi connectivity index (χ4v) is 4.89. The fraction of sp³-hybridized carbons (Fsp3) is 0.440. The van der Waals surface area contributed by atoms with Crippen LogP contribution in [-0.4, -0.2) is 51.6 Å². The van der Waals surface area contributed by atoms with Crippen LogP contribution in [0.15, 0.2) is 48.7 Å². The Labute approximate surface area is 183 Å². The Morgan fingerprint density at radius 2 is 1.90 bits per heavy atom. The number of pyridine rings is 1. The van der Waals surface area contributed by atoms with E-state index in [4.69, 9.17) is 4.74 Å². The van der Waals surface area contributed by atoms with Crippen LogP contribution < -0.4 is 9.64 Å². The van der Waals surface area contributed by atoms with E-state index in [0.29, 0.717) is 17.6 Å². The number of benzene rings is 1. The van der Waals surface area contributed by atoms with Gasteiger partial charge in [-0.15, -0.1) is 0 Å². The Hall–Kier alpha value is -2.86. The molecule has 6 nitrogen and oxygen atoms in total. The second-order valence-corrected chi connectivity index (χ2v) is 9.02. The van der Waals surface area contributed by atoms with Crippen molar-refractivity contribution in [3.63, 3.8) is 0 Å². The third-order valence-corrected chi connectivity index (χ3v) is 6.60. The number of aromatic nitrogens is 2. The molecule has 1 aromatic carbocycles. The van der Waals surface area contributed by atoms with Crippen LogP contribution in [0.5, 0.6) is 5.75 Å². The van der Waals surface area contributed by atoms with Gasteiger partial charge in [0.25, 0.3) is 5.91 Å². The minimum atomic E-state index is -0.00262. The number of nitrogens with zero attached hydrogens (tertiary/aromatic N) is 4. The topological polar surface area (TPSA) is 50.6 Å². The second-order valence-electron chi connectivity index (χ2n) is 9.02. The van der Waals surface area contributed by atoms with Crippen LogP contribution in [0.1, 0.15) is 44.1 Å². The van der Waals surface area contributed by atoms with Gasteiger partial charge in [-0.2, -0.15) is 0 Å². The molecule has 1 saturated heterocycles. The van der Waals surface area contributed by atoms with Crippen molar-refractivity contribution in [1.29, 1.82) is 0 Å². The minimum absolute atomic E-state index is 0.00262. The van der Waals surface area contributed by atoms with E-state index in [1.54, 1.807) is 11.1 Å². The third kappa shape index (κ3) is 3.69. The number of carbonyl (C=O) groups is 1. The number of hydrogen-bond acceptors (Lipinski definition) is 4. The summed E-state index contributed by atoms with van der Waals surface area (Å²) < 4.78 is 8.45. The van der Waals surface area contributed by atoms with E-state index < -0.39 is 0 Å². The van der Waals surface area contributed by atoms with Crippen LogP contribution in [0.25, 0.3) is 10.9 Å². The van der Waals surface area contributed by atoms with Crippen molar-refractivity contribution in [3.05, 3.63) is 54.4 Å². The van der Waals surface area contributed by atoms with Gasteiger partial charge in [0.05, 0.1) is 6.04 Å². The summed E-state index contributed by atoms with van der Waals surface area (Å²) in [6.45, 7) is 9.49. The van der Waals surface area contributed by atoms with Crippen LogP contribution in [0.4, 0.5) is 5.82 Å². The Morgan fingerprint density at radius 1 is 1.10 bits per heavy atom. The van der Waals surface area contributed by atoms with Crippen molar-refractivity contribution < 1.29 is 9.53 Å². The van der Waals surface area contributed by atoms with Crippen LogP contribution in [-0.2, 0) is 6.54 Å². The van der Waals surface area contributed by atoms with Crippen LogP contribution in [0.3, 0.4) is 0 Å². The summed E-state index contributed by atoms with van der Waals surface area (Å²) in [5.41, 5.74) is 1.79. The molecule has 0 N–H and O–H groups in total. The number of anilines is 1. The Morgan fingerprint density at radius 3 is 2.61 bits per heavy atom. The van der Waals surface area contributed by atoms with Gasteiger partial charge >= 0.3 is 0 Å². The smallest absolute Gasteiger partial charge is 0.276 e. The highest BCUT2D eigenvalue weighted by molar-refractivity contribution is 6.08. The lowest BCUT2D eigenvalue weighted by Crippen LogP contribution is -2.46. The van der Waals surface area contributed by atoms with Crippen molar-refractivity contribution in [2.45, 2.75) is 58.3 Å². The summed E-state index contributed by atoms with van der Waals surface area (Å²) >= 11 is 0. The van der Waals surface area contributed by atoms with Gasteiger partial charge in [-0.05, 0) is 70.0 Å². The molecule has 31 heavy (non-hydrogen) atoms. The van der Waals surface area contributed by atoms with Gasteiger partial charge < -0.3 is 14.2 Å². The van der Waals surface area contributed by atoms with E-state index in [-0.39, 0.29) is 18.1 Å². The van der Waals surface area contributed by atoms with Gasteiger partial charge in [0.1, 0.15) is 23.4 Å². The molecule has 0 aliphatic carbocycles. The largest absolute Gasteiger partial charge is 0.490 e. The number of piperidine rings is 1. The number of amides is 1. The zero-order valence-corrected chi connectivity index (χ0v) is 18.5. The first-order chi connectivity index (χ1) is 15.0. The Bertz CT molecular complexity index is 1080. The molecule has 0 bridgehead atoms. The lowest BCUT2D eigenvalue weighted by Gasteiger charge is -2.34. The maximum Gasteiger partial charge on any atom is 0.276 e. The summed E-state index contributed by atoms with van der Waals surface area (Å²) in [6, 6.07) is 14.5. The maximum atomic E-state index is 13.3. The third-order valence-electron chi connectivity index (χ3n) is 6.60. The molecule has 2 aliphatic heterocycles. The molecule has 0 radical (unpaired) electrons. The number of carbonyl (C=O) groups excluding carboxylic acids is 1. The number of hydrogen-bond donors (Lipinski definition) is 0. The van der Waals surface area contributed by atoms with Crippen LogP contribution in [0.2, 0.25) is 0 Å². The maximum absolute atomic E-state index is 13.3. The zero-order chi connectivity index (χ0) is 21.5. The molecule has 3 aromatic rings. The molecule has 6 heteroatoms. The standard InChI is InChI=1S/C25H30N4O2/c1-17(2)27-12-9-20(10-13-27)31-21-7-8-22-19(14-21)15-23-25(30)29(18(3)16-28(22)23)24-6-4-5-11-26-24/h4-8,11,14-15,17-18,20H,9-10,12-13,16H2,1-3H3. The van der Waals surface area contributed by atoms with Crippen molar-refractivity contribution in [3.8, 4) is 5.75 Å². The predicted octanol–water partition coefficient (Wildman–Crippen LogP) is 4.34. The highest BCUT2D eigenvalue weighted by Crippen LogP contribution is 2.32. The molecule has 1 unspecified atom stereocenters. The molecule has 162 valence electrons. The van der Waals surface area contributed by atoms with E-state index in [2.05, 4.69) is 47.4 Å². The van der Waals surface area contributed by atoms with E-state index in [0.717, 1.165) is 49.1 Å². The summed E-state index contributed by atoms with van der Waals surface area (Å²) in [6.07, 6.45) is 4.09. The Balaban J connectivity index is 1.38. The molecule has 1 amide bonds. The molecule has 5 rings (SSSR count). The highest BCUT2D eigenvalue weighted by atomic mass is 16.5. The van der Waals surface area contributed by atoms with E-state index in [1.807, 2.05) is 30.3 Å². The first-order valence-electron chi connectivity index (χ1n) is 11.3. The normalized spacial score (nSPS) is 20.5. The number of ether oxygens (including phenoxy) is 1. The van der Waals surface area contributed by atoms with Crippen LogP contribution >= 0.6 is 0 Å². The van der Waals surface area contributed by atoms with Gasteiger partial charge in [-0.3, -0.25) is 9.69 Å². The van der Waals surface area contributed by atoms with Crippen molar-refractivity contribution in [1.82, 2.24) is 14.5 Å². The number of likely N-dealkylation sites (tertiary alicyclic amines) is 1. The quantitative estimate of drug-likeness (QED) is 0.633.